The summed E-state index contributed by atoms with van der Waals surface area (Å²) >= 11 is 0. The molecule has 0 aliphatic heterocycles. The highest BCUT2D eigenvalue weighted by Gasteiger charge is 2.09. The van der Waals surface area contributed by atoms with Crippen LogP contribution in [0.2, 0.25) is 0 Å². The minimum absolute atomic E-state index is 0.107. The molecule has 0 radical (unpaired) electrons. The molecule has 4 nitrogen and oxygen atoms in total. The largest absolute Gasteiger partial charge is 0.496 e. The molecule has 4 heteroatoms. The fraction of sp³-hybridized carbons (Fsp3) is 0.533. The molecular weight excluding hydrogens is 240 g/mol. The number of rotatable bonds is 7. The van der Waals surface area contributed by atoms with E-state index in [1.54, 1.807) is 12.0 Å². The van der Waals surface area contributed by atoms with E-state index in [1.165, 1.54) is 5.56 Å². The van der Waals surface area contributed by atoms with Crippen LogP contribution in [-0.2, 0) is 17.8 Å². The zero-order chi connectivity index (χ0) is 14.3. The summed E-state index contributed by atoms with van der Waals surface area (Å²) in [4.78, 5) is 13.6. The van der Waals surface area contributed by atoms with Gasteiger partial charge in [0.25, 0.3) is 0 Å². The van der Waals surface area contributed by atoms with Gasteiger partial charge < -0.3 is 15.0 Å². The van der Waals surface area contributed by atoms with Crippen LogP contribution in [0.5, 0.6) is 5.75 Å². The number of hydrogen-bond acceptors (Lipinski definition) is 3. The quantitative estimate of drug-likeness (QED) is 0.817. The van der Waals surface area contributed by atoms with Crippen LogP contribution >= 0.6 is 0 Å². The Morgan fingerprint density at radius 3 is 2.68 bits per heavy atom. The Labute approximate surface area is 115 Å². The van der Waals surface area contributed by atoms with E-state index in [4.69, 9.17) is 4.74 Å². The zero-order valence-corrected chi connectivity index (χ0v) is 12.3. The summed E-state index contributed by atoms with van der Waals surface area (Å²) in [6.07, 6.45) is 0.923. The highest BCUT2D eigenvalue weighted by molar-refractivity contribution is 5.77. The summed E-state index contributed by atoms with van der Waals surface area (Å²) in [6, 6.07) is 6.08. The van der Waals surface area contributed by atoms with E-state index in [-0.39, 0.29) is 5.91 Å². The van der Waals surface area contributed by atoms with Crippen molar-refractivity contribution in [2.45, 2.75) is 26.8 Å². The average molecular weight is 264 g/mol. The highest BCUT2D eigenvalue weighted by Crippen LogP contribution is 2.20. The number of carbonyl (C=O) groups is 1. The predicted octanol–water partition coefficient (Wildman–Crippen LogP) is 1.83. The number of likely N-dealkylation sites (N-methyl/N-ethyl adjacent to an activating group) is 2. The van der Waals surface area contributed by atoms with Crippen molar-refractivity contribution in [3.05, 3.63) is 29.3 Å². The summed E-state index contributed by atoms with van der Waals surface area (Å²) in [5.41, 5.74) is 2.30. The van der Waals surface area contributed by atoms with Crippen LogP contribution in [0.4, 0.5) is 0 Å². The lowest BCUT2D eigenvalue weighted by atomic mass is 10.1. The van der Waals surface area contributed by atoms with Crippen LogP contribution in [0.25, 0.3) is 0 Å². The molecule has 0 saturated heterocycles. The number of ether oxygens (including phenoxy) is 1. The van der Waals surface area contributed by atoms with Crippen LogP contribution in [0.15, 0.2) is 18.2 Å². The summed E-state index contributed by atoms with van der Waals surface area (Å²) in [6.45, 7) is 5.92. The fourth-order valence-electron chi connectivity index (χ4n) is 1.94. The van der Waals surface area contributed by atoms with Crippen molar-refractivity contribution >= 4 is 5.91 Å². The topological polar surface area (TPSA) is 41.6 Å². The summed E-state index contributed by atoms with van der Waals surface area (Å²) in [7, 11) is 3.51. The summed E-state index contributed by atoms with van der Waals surface area (Å²) < 4.78 is 5.31. The van der Waals surface area contributed by atoms with Crippen LogP contribution in [-0.4, -0.2) is 38.1 Å². The number of amides is 1. The van der Waals surface area contributed by atoms with Gasteiger partial charge in [0.15, 0.2) is 0 Å². The summed E-state index contributed by atoms with van der Waals surface area (Å²) in [5, 5.41) is 3.04. The van der Waals surface area contributed by atoms with Crippen molar-refractivity contribution in [2.75, 3.05) is 27.2 Å². The number of nitrogens with one attached hydrogen (secondary N) is 1. The Kier molecular flexibility index (Phi) is 6.36. The Hall–Kier alpha value is -1.55. The van der Waals surface area contributed by atoms with E-state index in [2.05, 4.69) is 18.3 Å². The third-order valence-corrected chi connectivity index (χ3v) is 3.10. The van der Waals surface area contributed by atoms with Crippen molar-refractivity contribution in [1.82, 2.24) is 10.2 Å². The van der Waals surface area contributed by atoms with E-state index in [1.807, 2.05) is 26.1 Å². The zero-order valence-electron chi connectivity index (χ0n) is 12.3. The molecule has 0 atom stereocenters. The second-order valence-electron chi connectivity index (χ2n) is 4.53. The van der Waals surface area contributed by atoms with Crippen molar-refractivity contribution in [2.24, 2.45) is 0 Å². The molecule has 0 bridgehead atoms. The number of benzene rings is 1. The number of hydrogen-bond donors (Lipinski definition) is 1. The third kappa shape index (κ3) is 4.56. The molecule has 0 heterocycles. The molecule has 0 aliphatic carbocycles. The van der Waals surface area contributed by atoms with Gasteiger partial charge in [-0.15, -0.1) is 0 Å². The maximum absolute atomic E-state index is 11.8. The first-order chi connectivity index (χ1) is 9.12. The lowest BCUT2D eigenvalue weighted by Gasteiger charge is -2.18. The molecule has 1 aromatic rings. The lowest BCUT2D eigenvalue weighted by molar-refractivity contribution is -0.129. The second-order valence-corrected chi connectivity index (χ2v) is 4.53. The monoisotopic (exact) mass is 264 g/mol. The molecule has 19 heavy (non-hydrogen) atoms. The van der Waals surface area contributed by atoms with Gasteiger partial charge >= 0.3 is 0 Å². The highest BCUT2D eigenvalue weighted by atomic mass is 16.5. The van der Waals surface area contributed by atoms with Gasteiger partial charge in [0.05, 0.1) is 13.7 Å². The lowest BCUT2D eigenvalue weighted by Crippen LogP contribution is -2.35. The van der Waals surface area contributed by atoms with Gasteiger partial charge in [-0.2, -0.15) is 0 Å². The molecule has 0 saturated carbocycles. The predicted molar refractivity (Wildman–Crippen MR) is 77.4 cm³/mol. The molecule has 106 valence electrons. The van der Waals surface area contributed by atoms with Gasteiger partial charge in [-0.3, -0.25) is 4.79 Å². The van der Waals surface area contributed by atoms with Gasteiger partial charge in [0.1, 0.15) is 5.75 Å². The molecule has 1 N–H and O–H groups in total. The smallest absolute Gasteiger partial charge is 0.236 e. The van der Waals surface area contributed by atoms with Crippen molar-refractivity contribution in [3.63, 3.8) is 0 Å². The Bertz CT molecular complexity index is 419. The standard InChI is InChI=1S/C15H24N2O2/c1-5-13-9-12(7-8-14(13)19-4)11-17(3)15(18)10-16-6-2/h7-9,16H,5-6,10-11H2,1-4H3. The SMILES string of the molecule is CCNCC(=O)N(C)Cc1ccc(OC)c(CC)c1. The number of carbonyl (C=O) groups excluding carboxylic acids is 1. The van der Waals surface area contributed by atoms with Gasteiger partial charge in [0.2, 0.25) is 5.91 Å². The van der Waals surface area contributed by atoms with E-state index in [9.17, 15) is 4.79 Å². The Balaban J connectivity index is 2.68. The molecule has 0 fully saturated rings. The van der Waals surface area contributed by atoms with E-state index in [0.717, 1.165) is 24.3 Å². The van der Waals surface area contributed by atoms with Gasteiger partial charge in [0, 0.05) is 13.6 Å². The molecule has 0 unspecified atom stereocenters. The maximum atomic E-state index is 11.8. The fourth-order valence-corrected chi connectivity index (χ4v) is 1.94. The molecule has 0 aliphatic rings. The minimum atomic E-state index is 0.107. The van der Waals surface area contributed by atoms with Crippen molar-refractivity contribution in [1.29, 1.82) is 0 Å². The minimum Gasteiger partial charge on any atom is -0.496 e. The van der Waals surface area contributed by atoms with E-state index < -0.39 is 0 Å². The number of nitrogens with zero attached hydrogens (tertiary/aromatic N) is 1. The van der Waals surface area contributed by atoms with Crippen molar-refractivity contribution < 1.29 is 9.53 Å². The van der Waals surface area contributed by atoms with Gasteiger partial charge in [-0.25, -0.2) is 0 Å². The molecule has 1 rings (SSSR count). The van der Waals surface area contributed by atoms with Crippen LogP contribution in [0, 0.1) is 0 Å². The number of aryl methyl sites for hydroxylation is 1. The van der Waals surface area contributed by atoms with Crippen LogP contribution in [0.1, 0.15) is 25.0 Å². The normalized spacial score (nSPS) is 10.3. The second kappa shape index (κ2) is 7.79. The first kappa shape index (κ1) is 15.5. The van der Waals surface area contributed by atoms with E-state index in [0.29, 0.717) is 13.1 Å². The first-order valence-electron chi connectivity index (χ1n) is 6.72. The third-order valence-electron chi connectivity index (χ3n) is 3.10. The summed E-state index contributed by atoms with van der Waals surface area (Å²) in [5.74, 6) is 1.02. The van der Waals surface area contributed by atoms with Crippen molar-refractivity contribution in [3.8, 4) is 5.75 Å². The van der Waals surface area contributed by atoms with Gasteiger partial charge in [-0.1, -0.05) is 26.0 Å². The first-order valence-corrected chi connectivity index (χ1v) is 6.72. The molecular formula is C15H24N2O2. The molecule has 1 amide bonds. The Morgan fingerprint density at radius 2 is 2.11 bits per heavy atom. The average Bonchev–Trinajstić information content (AvgIpc) is 2.44. The Morgan fingerprint density at radius 1 is 1.37 bits per heavy atom. The van der Waals surface area contributed by atoms with Gasteiger partial charge in [-0.05, 0) is 30.2 Å². The van der Waals surface area contributed by atoms with Crippen LogP contribution < -0.4 is 10.1 Å². The number of methoxy groups -OCH3 is 1. The molecule has 1 aromatic carbocycles. The molecule has 0 aromatic heterocycles. The van der Waals surface area contributed by atoms with Crippen LogP contribution in [0.3, 0.4) is 0 Å². The van der Waals surface area contributed by atoms with E-state index >= 15 is 0 Å². The molecule has 0 spiro atoms. The maximum Gasteiger partial charge on any atom is 0.236 e.